The van der Waals surface area contributed by atoms with Crippen molar-refractivity contribution in [2.24, 2.45) is 0 Å². The second-order valence-corrected chi connectivity index (χ2v) is 23.4. The molecule has 15 aromatic carbocycles. The molecule has 4 heteroatoms. The highest BCUT2D eigenvalue weighted by Crippen LogP contribution is 2.50. The molecule has 0 saturated carbocycles. The Labute approximate surface area is 488 Å². The molecule has 390 valence electrons. The zero-order chi connectivity index (χ0) is 55.0. The fourth-order valence-electron chi connectivity index (χ4n) is 14.1. The Bertz CT molecular complexity index is 5710. The predicted octanol–water partition coefficient (Wildman–Crippen LogP) is 22.8. The van der Waals surface area contributed by atoms with Gasteiger partial charge in [-0.05, 0) is 150 Å². The third-order valence-electron chi connectivity index (χ3n) is 17.8. The van der Waals surface area contributed by atoms with Crippen molar-refractivity contribution < 1.29 is 0 Å². The summed E-state index contributed by atoms with van der Waals surface area (Å²) in [5.41, 5.74) is 15.0. The highest BCUT2D eigenvalue weighted by molar-refractivity contribution is 7.27. The molecule has 0 amide bonds. The van der Waals surface area contributed by atoms with Gasteiger partial charge in [0.1, 0.15) is 0 Å². The molecular formula is C80H49N3S. The second-order valence-electron chi connectivity index (χ2n) is 22.3. The van der Waals surface area contributed by atoms with Crippen LogP contribution >= 0.6 is 11.3 Å². The first kappa shape index (κ1) is 46.9. The molecule has 0 N–H and O–H groups in total. The van der Waals surface area contributed by atoms with Crippen LogP contribution in [-0.2, 0) is 0 Å². The van der Waals surface area contributed by atoms with Crippen LogP contribution in [0.2, 0.25) is 0 Å². The zero-order valence-corrected chi connectivity index (χ0v) is 46.4. The number of benzene rings is 15. The highest BCUT2D eigenvalue weighted by atomic mass is 32.1. The number of anilines is 3. The van der Waals surface area contributed by atoms with Crippen LogP contribution in [0.1, 0.15) is 0 Å². The zero-order valence-electron chi connectivity index (χ0n) is 45.5. The van der Waals surface area contributed by atoms with Crippen LogP contribution in [0.3, 0.4) is 0 Å². The van der Waals surface area contributed by atoms with Crippen LogP contribution in [-0.4, -0.2) is 9.13 Å². The summed E-state index contributed by atoms with van der Waals surface area (Å²) < 4.78 is 7.58. The number of hydrogen-bond donors (Lipinski definition) is 0. The van der Waals surface area contributed by atoms with E-state index in [1.54, 1.807) is 0 Å². The van der Waals surface area contributed by atoms with Crippen LogP contribution in [0.25, 0.3) is 151 Å². The van der Waals surface area contributed by atoms with E-state index in [1.807, 2.05) is 11.3 Å². The van der Waals surface area contributed by atoms with Gasteiger partial charge >= 0.3 is 0 Å². The molecule has 3 nitrogen and oxygen atoms in total. The standard InChI is InChI=1S/C80H49N3S/c1-3-19-50(20-4-1)51-22-17-26-56(45-51)81(75-48-54-21-7-8-28-59(54)60-29-11-13-33-64(60)75)57-27-18-23-52(46-57)53-37-42-74-70(47-53)68-41-44-76-78(69-40-39-67-63-32-10-9-30-61(63)62-31-12-14-35-66(62)77(67)80(69)84-76)79(68)83(74)58-38-43-73-71(49-58)65-34-15-16-36-72(65)82(73)55-24-5-2-6-25-55/h1-49H. The molecule has 0 aliphatic carbocycles. The normalized spacial score (nSPS) is 12.0. The van der Waals surface area contributed by atoms with Gasteiger partial charge in [0, 0.05) is 75.2 Å². The van der Waals surface area contributed by atoms with Gasteiger partial charge in [-0.15, -0.1) is 11.3 Å². The van der Waals surface area contributed by atoms with E-state index < -0.39 is 0 Å². The Balaban J connectivity index is 0.887. The number of para-hydroxylation sites is 2. The molecule has 3 aromatic heterocycles. The predicted molar refractivity (Wildman–Crippen MR) is 361 cm³/mol. The lowest BCUT2D eigenvalue weighted by molar-refractivity contribution is 1.17. The Hall–Kier alpha value is -10.8. The number of aromatic nitrogens is 2. The SMILES string of the molecule is c1ccc(-c2cccc(N(c3cccc(-c4ccc5c(c4)c4ccc6sc7c(ccc8c9ccccc9c9ccccc9c87)c6c4n5-c4ccc5c(c4)c4ccccc4n5-c4ccccc4)c3)c3cc4ccccc4c4ccccc34)c2)cc1. The lowest BCUT2D eigenvalue weighted by atomic mass is 9.93. The molecule has 0 aliphatic heterocycles. The van der Waals surface area contributed by atoms with Gasteiger partial charge < -0.3 is 14.0 Å². The first-order chi connectivity index (χ1) is 41.7. The molecular weight excluding hydrogens is 1030 g/mol. The molecule has 0 atom stereocenters. The largest absolute Gasteiger partial charge is 0.310 e. The minimum Gasteiger partial charge on any atom is -0.310 e. The minimum absolute atomic E-state index is 1.09. The van der Waals surface area contributed by atoms with Gasteiger partial charge in [-0.2, -0.15) is 0 Å². The van der Waals surface area contributed by atoms with Crippen molar-refractivity contribution >= 4 is 146 Å². The molecule has 0 saturated heterocycles. The monoisotopic (exact) mass is 1080 g/mol. The topological polar surface area (TPSA) is 13.1 Å². The fourth-order valence-corrected chi connectivity index (χ4v) is 15.4. The van der Waals surface area contributed by atoms with E-state index in [0.29, 0.717) is 0 Å². The van der Waals surface area contributed by atoms with Gasteiger partial charge in [0.25, 0.3) is 0 Å². The molecule has 0 unspecified atom stereocenters. The van der Waals surface area contributed by atoms with Gasteiger partial charge in [0.2, 0.25) is 0 Å². The molecule has 18 rings (SSSR count). The van der Waals surface area contributed by atoms with E-state index in [9.17, 15) is 0 Å². The van der Waals surface area contributed by atoms with Crippen molar-refractivity contribution in [2.75, 3.05) is 4.90 Å². The van der Waals surface area contributed by atoms with Gasteiger partial charge in [0.05, 0.1) is 27.8 Å². The van der Waals surface area contributed by atoms with E-state index in [0.717, 1.165) is 39.6 Å². The van der Waals surface area contributed by atoms with E-state index in [-0.39, 0.29) is 0 Å². The number of thiophene rings is 1. The summed E-state index contributed by atoms with van der Waals surface area (Å²) in [5.74, 6) is 0. The number of rotatable bonds is 7. The number of nitrogens with zero attached hydrogens (tertiary/aromatic N) is 3. The molecule has 0 fully saturated rings. The van der Waals surface area contributed by atoms with Crippen molar-refractivity contribution in [3.05, 3.63) is 297 Å². The molecule has 0 bridgehead atoms. The van der Waals surface area contributed by atoms with Crippen molar-refractivity contribution in [1.29, 1.82) is 0 Å². The van der Waals surface area contributed by atoms with Crippen molar-refractivity contribution in [3.8, 4) is 33.6 Å². The van der Waals surface area contributed by atoms with Crippen molar-refractivity contribution in [1.82, 2.24) is 9.13 Å². The summed E-state index contributed by atoms with van der Waals surface area (Å²) in [6.07, 6.45) is 0. The van der Waals surface area contributed by atoms with Crippen LogP contribution in [0.5, 0.6) is 0 Å². The number of hydrogen-bond acceptors (Lipinski definition) is 2. The lowest BCUT2D eigenvalue weighted by Gasteiger charge is -2.28. The first-order valence-corrected chi connectivity index (χ1v) is 29.7. The Morgan fingerprint density at radius 1 is 0.262 bits per heavy atom. The summed E-state index contributed by atoms with van der Waals surface area (Å²) in [6, 6.07) is 110. The van der Waals surface area contributed by atoms with Gasteiger partial charge in [-0.1, -0.05) is 212 Å². The molecule has 0 spiro atoms. The lowest BCUT2D eigenvalue weighted by Crippen LogP contribution is -2.11. The maximum Gasteiger partial charge on any atom is 0.0634 e. The van der Waals surface area contributed by atoms with Gasteiger partial charge in [0.15, 0.2) is 0 Å². The summed E-state index contributed by atoms with van der Waals surface area (Å²) in [6.45, 7) is 0. The highest BCUT2D eigenvalue weighted by Gasteiger charge is 2.24. The number of fused-ring (bicyclic) bond motifs is 20. The summed E-state index contributed by atoms with van der Waals surface area (Å²) in [4.78, 5) is 2.47. The molecule has 18 aromatic rings. The molecule has 3 heterocycles. The van der Waals surface area contributed by atoms with E-state index in [4.69, 9.17) is 0 Å². The average molecular weight is 1080 g/mol. The maximum atomic E-state index is 2.57. The quantitative estimate of drug-likeness (QED) is 0.145. The molecule has 0 radical (unpaired) electrons. The fraction of sp³-hybridized carbons (Fsp3) is 0. The summed E-state index contributed by atoms with van der Waals surface area (Å²) >= 11 is 1.93. The second kappa shape index (κ2) is 18.4. The average Bonchev–Trinajstić information content (AvgIpc) is 1.98. The first-order valence-electron chi connectivity index (χ1n) is 28.9. The third kappa shape index (κ3) is 6.99. The van der Waals surface area contributed by atoms with E-state index in [2.05, 4.69) is 311 Å². The van der Waals surface area contributed by atoms with Gasteiger partial charge in [-0.25, -0.2) is 0 Å². The molecule has 84 heavy (non-hydrogen) atoms. The van der Waals surface area contributed by atoms with Crippen LogP contribution in [0.4, 0.5) is 17.1 Å². The third-order valence-corrected chi connectivity index (χ3v) is 19.0. The van der Waals surface area contributed by atoms with Crippen LogP contribution < -0.4 is 4.90 Å². The minimum atomic E-state index is 1.09. The Kier molecular flexibility index (Phi) is 10.3. The summed E-state index contributed by atoms with van der Waals surface area (Å²) in [7, 11) is 0. The van der Waals surface area contributed by atoms with E-state index >= 15 is 0 Å². The maximum absolute atomic E-state index is 2.57. The Morgan fingerprint density at radius 3 is 1.52 bits per heavy atom. The smallest absolute Gasteiger partial charge is 0.0634 e. The van der Waals surface area contributed by atoms with Crippen LogP contribution in [0.15, 0.2) is 297 Å². The van der Waals surface area contributed by atoms with Crippen molar-refractivity contribution in [3.63, 3.8) is 0 Å². The van der Waals surface area contributed by atoms with E-state index in [1.165, 1.54) is 129 Å². The van der Waals surface area contributed by atoms with Crippen molar-refractivity contribution in [2.45, 2.75) is 0 Å². The summed E-state index contributed by atoms with van der Waals surface area (Å²) in [5, 5.41) is 20.1. The van der Waals surface area contributed by atoms with Crippen LogP contribution in [0, 0.1) is 0 Å². The Morgan fingerprint density at radius 2 is 0.774 bits per heavy atom. The molecule has 0 aliphatic rings. The van der Waals surface area contributed by atoms with Gasteiger partial charge in [-0.3, -0.25) is 0 Å².